The highest BCUT2D eigenvalue weighted by Crippen LogP contribution is 2.26. The molecule has 124 valence electrons. The Bertz CT molecular complexity index is 971. The minimum atomic E-state index is -0.316. The first-order chi connectivity index (χ1) is 12.1. The summed E-state index contributed by atoms with van der Waals surface area (Å²) in [4.78, 5) is 22.4. The zero-order valence-corrected chi connectivity index (χ0v) is 13.7. The molecule has 0 bridgehead atoms. The number of nitrogens with zero attached hydrogens (tertiary/aromatic N) is 3. The summed E-state index contributed by atoms with van der Waals surface area (Å²) in [6.07, 6.45) is 3.38. The predicted octanol–water partition coefficient (Wildman–Crippen LogP) is 3.75. The van der Waals surface area contributed by atoms with Crippen LogP contribution in [0.15, 0.2) is 54.9 Å². The zero-order chi connectivity index (χ0) is 17.4. The van der Waals surface area contributed by atoms with Gasteiger partial charge in [-0.05, 0) is 48.4 Å². The van der Waals surface area contributed by atoms with E-state index in [0.29, 0.717) is 17.7 Å². The first-order valence-electron chi connectivity index (χ1n) is 8.06. The smallest absolute Gasteiger partial charge is 0.256 e. The quantitative estimate of drug-likeness (QED) is 0.733. The fraction of sp³-hybridized carbons (Fsp3) is 0.150. The van der Waals surface area contributed by atoms with E-state index in [-0.39, 0.29) is 18.3 Å². The minimum absolute atomic E-state index is 0.101. The van der Waals surface area contributed by atoms with Crippen molar-refractivity contribution in [2.24, 2.45) is 0 Å². The second-order valence-corrected chi connectivity index (χ2v) is 6.15. The largest absolute Gasteiger partial charge is 0.328 e. The first kappa shape index (κ1) is 15.4. The average Bonchev–Trinajstić information content (AvgIpc) is 2.93. The summed E-state index contributed by atoms with van der Waals surface area (Å²) in [6.45, 7) is 2.55. The van der Waals surface area contributed by atoms with Gasteiger partial charge in [0.2, 0.25) is 0 Å². The van der Waals surface area contributed by atoms with Gasteiger partial charge < -0.3 is 4.90 Å². The fourth-order valence-corrected chi connectivity index (χ4v) is 3.10. The van der Waals surface area contributed by atoms with Crippen LogP contribution in [0.1, 0.15) is 27.3 Å². The van der Waals surface area contributed by atoms with Crippen molar-refractivity contribution in [1.29, 1.82) is 0 Å². The van der Waals surface area contributed by atoms with E-state index in [9.17, 15) is 9.18 Å². The van der Waals surface area contributed by atoms with Gasteiger partial charge in [-0.3, -0.25) is 14.8 Å². The van der Waals surface area contributed by atoms with E-state index in [0.717, 1.165) is 22.5 Å². The van der Waals surface area contributed by atoms with E-state index in [1.54, 1.807) is 35.5 Å². The van der Waals surface area contributed by atoms with Crippen molar-refractivity contribution in [2.75, 3.05) is 0 Å². The van der Waals surface area contributed by atoms with Crippen molar-refractivity contribution in [3.05, 3.63) is 83.2 Å². The van der Waals surface area contributed by atoms with Crippen LogP contribution < -0.4 is 0 Å². The maximum Gasteiger partial charge on any atom is 0.256 e. The molecule has 5 heteroatoms. The van der Waals surface area contributed by atoms with Crippen LogP contribution in [0.2, 0.25) is 0 Å². The Balaban J connectivity index is 1.58. The Morgan fingerprint density at radius 1 is 1.08 bits per heavy atom. The highest BCUT2D eigenvalue weighted by Gasteiger charge is 2.28. The number of halogens is 1. The molecule has 1 amide bonds. The average molecular weight is 333 g/mol. The van der Waals surface area contributed by atoms with Gasteiger partial charge in [-0.2, -0.15) is 0 Å². The van der Waals surface area contributed by atoms with Crippen molar-refractivity contribution in [2.45, 2.75) is 20.0 Å². The summed E-state index contributed by atoms with van der Waals surface area (Å²) in [7, 11) is 0. The molecular formula is C20H16FN3O. The number of hydrogen-bond donors (Lipinski definition) is 0. The summed E-state index contributed by atoms with van der Waals surface area (Å²) < 4.78 is 14.6. The summed E-state index contributed by atoms with van der Waals surface area (Å²) in [5, 5.41) is 0. The highest BCUT2D eigenvalue weighted by molar-refractivity contribution is 5.97. The SMILES string of the molecule is Cc1cc(-c2ccc(CN3Cc4ncccc4C3=O)c(F)c2)ccn1. The van der Waals surface area contributed by atoms with Crippen LogP contribution in [-0.4, -0.2) is 20.8 Å². The Hall–Kier alpha value is -3.08. The van der Waals surface area contributed by atoms with Gasteiger partial charge in [-0.1, -0.05) is 12.1 Å². The standard InChI is InChI=1S/C20H16FN3O/c1-13-9-15(6-8-22-13)14-4-5-16(18(21)10-14)11-24-12-19-17(20(24)25)3-2-7-23-19/h2-10H,11-12H2,1H3. The molecule has 25 heavy (non-hydrogen) atoms. The molecule has 0 saturated heterocycles. The number of rotatable bonds is 3. The molecule has 3 aromatic rings. The second-order valence-electron chi connectivity index (χ2n) is 6.15. The Morgan fingerprint density at radius 3 is 2.68 bits per heavy atom. The van der Waals surface area contributed by atoms with Crippen LogP contribution in [0.25, 0.3) is 11.1 Å². The number of benzene rings is 1. The molecule has 4 nitrogen and oxygen atoms in total. The number of hydrogen-bond acceptors (Lipinski definition) is 3. The van der Waals surface area contributed by atoms with Crippen LogP contribution in [0.4, 0.5) is 4.39 Å². The highest BCUT2D eigenvalue weighted by atomic mass is 19.1. The zero-order valence-electron chi connectivity index (χ0n) is 13.7. The third-order valence-corrected chi connectivity index (χ3v) is 4.39. The summed E-state index contributed by atoms with van der Waals surface area (Å²) >= 11 is 0. The van der Waals surface area contributed by atoms with Crippen LogP contribution >= 0.6 is 0 Å². The lowest BCUT2D eigenvalue weighted by atomic mass is 10.0. The molecule has 2 aromatic heterocycles. The van der Waals surface area contributed by atoms with Gasteiger partial charge in [0.15, 0.2) is 0 Å². The lowest BCUT2D eigenvalue weighted by Gasteiger charge is -2.16. The number of aromatic nitrogens is 2. The molecule has 0 spiro atoms. The van der Waals surface area contributed by atoms with Crippen LogP contribution in [0.5, 0.6) is 0 Å². The second kappa shape index (κ2) is 6.09. The van der Waals surface area contributed by atoms with Crippen LogP contribution in [0, 0.1) is 12.7 Å². The minimum Gasteiger partial charge on any atom is -0.328 e. The molecule has 0 unspecified atom stereocenters. The molecule has 4 rings (SSSR count). The Labute approximate surface area is 145 Å². The van der Waals surface area contributed by atoms with Crippen molar-refractivity contribution < 1.29 is 9.18 Å². The summed E-state index contributed by atoms with van der Waals surface area (Å²) in [6, 6.07) is 12.4. The van der Waals surface area contributed by atoms with Crippen molar-refractivity contribution in [3.63, 3.8) is 0 Å². The molecule has 0 saturated carbocycles. The van der Waals surface area contributed by atoms with Crippen molar-refractivity contribution in [1.82, 2.24) is 14.9 Å². The van der Waals surface area contributed by atoms with Gasteiger partial charge in [-0.25, -0.2) is 4.39 Å². The lowest BCUT2D eigenvalue weighted by molar-refractivity contribution is 0.0765. The summed E-state index contributed by atoms with van der Waals surface area (Å²) in [5.74, 6) is -0.417. The topological polar surface area (TPSA) is 46.1 Å². The molecule has 0 aliphatic carbocycles. The third kappa shape index (κ3) is 2.89. The van der Waals surface area contributed by atoms with E-state index in [1.807, 2.05) is 25.1 Å². The van der Waals surface area contributed by atoms with Crippen molar-refractivity contribution >= 4 is 5.91 Å². The van der Waals surface area contributed by atoms with Gasteiger partial charge in [0.25, 0.3) is 5.91 Å². The number of aryl methyl sites for hydroxylation is 1. The molecule has 1 aliphatic rings. The van der Waals surface area contributed by atoms with Gasteiger partial charge >= 0.3 is 0 Å². The molecule has 0 radical (unpaired) electrons. The number of fused-ring (bicyclic) bond motifs is 1. The van der Waals surface area contributed by atoms with E-state index in [1.165, 1.54) is 6.07 Å². The van der Waals surface area contributed by atoms with E-state index < -0.39 is 0 Å². The molecule has 1 aliphatic heterocycles. The fourth-order valence-electron chi connectivity index (χ4n) is 3.10. The molecule has 0 fully saturated rings. The van der Waals surface area contributed by atoms with Crippen molar-refractivity contribution in [3.8, 4) is 11.1 Å². The van der Waals surface area contributed by atoms with E-state index in [4.69, 9.17) is 0 Å². The normalized spacial score (nSPS) is 13.2. The molecule has 3 heterocycles. The number of amides is 1. The van der Waals surface area contributed by atoms with Gasteiger partial charge in [0, 0.05) is 30.2 Å². The van der Waals surface area contributed by atoms with Gasteiger partial charge in [-0.15, -0.1) is 0 Å². The third-order valence-electron chi connectivity index (χ3n) is 4.39. The number of pyridine rings is 2. The van der Waals surface area contributed by atoms with Gasteiger partial charge in [0.05, 0.1) is 17.8 Å². The van der Waals surface area contributed by atoms with E-state index in [2.05, 4.69) is 9.97 Å². The first-order valence-corrected chi connectivity index (χ1v) is 8.06. The number of carbonyl (C=O) groups excluding carboxylic acids is 1. The maximum atomic E-state index is 14.6. The number of carbonyl (C=O) groups is 1. The molecule has 0 N–H and O–H groups in total. The maximum absolute atomic E-state index is 14.6. The monoisotopic (exact) mass is 333 g/mol. The van der Waals surface area contributed by atoms with Gasteiger partial charge in [0.1, 0.15) is 5.82 Å². The Morgan fingerprint density at radius 2 is 1.92 bits per heavy atom. The lowest BCUT2D eigenvalue weighted by Crippen LogP contribution is -2.23. The van der Waals surface area contributed by atoms with E-state index >= 15 is 0 Å². The molecule has 1 aromatic carbocycles. The molecule has 0 atom stereocenters. The molecular weight excluding hydrogens is 317 g/mol. The van der Waals surface area contributed by atoms with Crippen LogP contribution in [0.3, 0.4) is 0 Å². The Kier molecular flexibility index (Phi) is 3.76. The summed E-state index contributed by atoms with van der Waals surface area (Å²) in [5.41, 5.74) is 4.45. The predicted molar refractivity (Wildman–Crippen MR) is 92.2 cm³/mol. The van der Waals surface area contributed by atoms with Crippen LogP contribution in [-0.2, 0) is 13.1 Å².